The second kappa shape index (κ2) is 9.15. The van der Waals surface area contributed by atoms with Crippen LogP contribution in [0.15, 0.2) is 40.6 Å². The molecule has 1 aliphatic carbocycles. The summed E-state index contributed by atoms with van der Waals surface area (Å²) < 4.78 is 5.56. The van der Waals surface area contributed by atoms with Crippen LogP contribution in [0.5, 0.6) is 0 Å². The van der Waals surface area contributed by atoms with Crippen LogP contribution >= 0.6 is 0 Å². The third-order valence-corrected chi connectivity index (χ3v) is 7.14. The number of hydrogen-bond donors (Lipinski definition) is 2. The standard InChI is InChI=1S/C26H36N8O2/c1-25(2,3)36-24(35)33-15-13-32(14-16-33)20-7-8-21(19-17-29-12-9-18(19)20)34-23(28)30-22(27)31-26(34)10-5-4-6-11-26/h7-9,12,17H,4-6,10-11,13-16H2,1-3H3,(H4,27,28,30,31). The number of nitrogens with zero attached hydrogens (tertiary/aromatic N) is 6. The summed E-state index contributed by atoms with van der Waals surface area (Å²) in [6.45, 7) is 8.31. The van der Waals surface area contributed by atoms with Gasteiger partial charge in [-0.1, -0.05) is 6.42 Å². The number of carbonyl (C=O) groups excluding carboxylic acids is 1. The van der Waals surface area contributed by atoms with Gasteiger partial charge in [-0.05, 0) is 64.7 Å². The molecule has 0 bridgehead atoms. The quantitative estimate of drug-likeness (QED) is 0.658. The molecule has 2 fully saturated rings. The molecule has 1 amide bonds. The van der Waals surface area contributed by atoms with Crippen molar-refractivity contribution in [1.29, 1.82) is 0 Å². The van der Waals surface area contributed by atoms with E-state index >= 15 is 0 Å². The monoisotopic (exact) mass is 492 g/mol. The first-order chi connectivity index (χ1) is 17.2. The summed E-state index contributed by atoms with van der Waals surface area (Å²) in [6, 6.07) is 6.26. The predicted octanol–water partition coefficient (Wildman–Crippen LogP) is 3.40. The third-order valence-electron chi connectivity index (χ3n) is 7.14. The second-order valence-electron chi connectivity index (χ2n) is 10.8. The van der Waals surface area contributed by atoms with E-state index in [0.717, 1.165) is 47.8 Å². The number of guanidine groups is 2. The number of ether oxygens (including phenoxy) is 1. The van der Waals surface area contributed by atoms with Crippen LogP contribution < -0.4 is 21.3 Å². The van der Waals surface area contributed by atoms with Crippen molar-refractivity contribution in [1.82, 2.24) is 9.88 Å². The average molecular weight is 493 g/mol. The Balaban J connectivity index is 1.46. The minimum absolute atomic E-state index is 0.243. The van der Waals surface area contributed by atoms with E-state index in [-0.39, 0.29) is 12.1 Å². The van der Waals surface area contributed by atoms with E-state index in [1.54, 1.807) is 4.90 Å². The summed E-state index contributed by atoms with van der Waals surface area (Å²) in [5.41, 5.74) is 13.6. The van der Waals surface area contributed by atoms with Crippen LogP contribution in [-0.4, -0.2) is 65.3 Å². The minimum atomic E-state index is -0.516. The molecule has 3 heterocycles. The first kappa shape index (κ1) is 24.1. The Morgan fingerprint density at radius 3 is 2.36 bits per heavy atom. The van der Waals surface area contributed by atoms with Crippen molar-refractivity contribution in [3.63, 3.8) is 0 Å². The molecule has 1 spiro atoms. The van der Waals surface area contributed by atoms with Gasteiger partial charge in [-0.3, -0.25) is 9.88 Å². The Kier molecular flexibility index (Phi) is 6.13. The van der Waals surface area contributed by atoms with Gasteiger partial charge >= 0.3 is 6.09 Å². The van der Waals surface area contributed by atoms with E-state index in [1.807, 2.05) is 39.2 Å². The topological polar surface area (TPSA) is 126 Å². The zero-order chi connectivity index (χ0) is 25.5. The van der Waals surface area contributed by atoms with Crippen LogP contribution in [0.4, 0.5) is 16.2 Å². The van der Waals surface area contributed by atoms with Crippen molar-refractivity contribution in [2.24, 2.45) is 21.5 Å². The zero-order valence-electron chi connectivity index (χ0n) is 21.4. The molecule has 0 atom stereocenters. The van der Waals surface area contributed by atoms with E-state index < -0.39 is 11.3 Å². The van der Waals surface area contributed by atoms with Gasteiger partial charge in [0, 0.05) is 55.0 Å². The molecule has 36 heavy (non-hydrogen) atoms. The fourth-order valence-electron chi connectivity index (χ4n) is 5.56. The lowest BCUT2D eigenvalue weighted by Crippen LogP contribution is -2.58. The predicted molar refractivity (Wildman–Crippen MR) is 143 cm³/mol. The molecule has 2 aliphatic heterocycles. The van der Waals surface area contributed by atoms with Gasteiger partial charge in [0.15, 0.2) is 0 Å². The number of piperazine rings is 1. The summed E-state index contributed by atoms with van der Waals surface area (Å²) in [5.74, 6) is 0.612. The van der Waals surface area contributed by atoms with Crippen LogP contribution in [0.1, 0.15) is 52.9 Å². The maximum Gasteiger partial charge on any atom is 0.410 e. The largest absolute Gasteiger partial charge is 0.444 e. The summed E-state index contributed by atoms with van der Waals surface area (Å²) in [4.78, 5) is 32.3. The average Bonchev–Trinajstić information content (AvgIpc) is 2.83. The lowest BCUT2D eigenvalue weighted by Gasteiger charge is -2.46. The van der Waals surface area contributed by atoms with Crippen LogP contribution in [0.25, 0.3) is 10.8 Å². The molecule has 0 radical (unpaired) electrons. The van der Waals surface area contributed by atoms with Crippen LogP contribution in [0.2, 0.25) is 0 Å². The summed E-state index contributed by atoms with van der Waals surface area (Å²) in [6.07, 6.45) is 8.50. The van der Waals surface area contributed by atoms with E-state index in [9.17, 15) is 4.79 Å². The fourth-order valence-corrected chi connectivity index (χ4v) is 5.56. The number of fused-ring (bicyclic) bond motifs is 1. The Labute approximate surface area is 212 Å². The Morgan fingerprint density at radius 2 is 1.67 bits per heavy atom. The number of aromatic nitrogens is 1. The molecule has 1 saturated heterocycles. The zero-order valence-corrected chi connectivity index (χ0v) is 21.4. The fraction of sp³-hybridized carbons (Fsp3) is 0.538. The van der Waals surface area contributed by atoms with Gasteiger partial charge < -0.3 is 26.0 Å². The number of nitrogens with two attached hydrogens (primary N) is 2. The molecule has 3 aliphatic rings. The summed E-state index contributed by atoms with van der Waals surface area (Å²) >= 11 is 0. The van der Waals surface area contributed by atoms with Crippen LogP contribution in [0.3, 0.4) is 0 Å². The smallest absolute Gasteiger partial charge is 0.410 e. The van der Waals surface area contributed by atoms with Crippen LogP contribution in [-0.2, 0) is 4.74 Å². The first-order valence-electron chi connectivity index (χ1n) is 12.8. The molecule has 10 heteroatoms. The van der Waals surface area contributed by atoms with Gasteiger partial charge in [0.05, 0.1) is 5.69 Å². The molecule has 4 N–H and O–H groups in total. The number of carbonyl (C=O) groups is 1. The van der Waals surface area contributed by atoms with E-state index in [1.165, 1.54) is 6.42 Å². The van der Waals surface area contributed by atoms with E-state index in [0.29, 0.717) is 32.1 Å². The van der Waals surface area contributed by atoms with Crippen molar-refractivity contribution in [2.45, 2.75) is 64.1 Å². The maximum absolute atomic E-state index is 12.5. The van der Waals surface area contributed by atoms with Crippen molar-refractivity contribution in [3.8, 4) is 0 Å². The van der Waals surface area contributed by atoms with Crippen molar-refractivity contribution in [2.75, 3.05) is 36.0 Å². The Bertz CT molecular complexity index is 1200. The lowest BCUT2D eigenvalue weighted by atomic mass is 9.87. The minimum Gasteiger partial charge on any atom is -0.444 e. The van der Waals surface area contributed by atoms with Gasteiger partial charge in [0.1, 0.15) is 11.3 Å². The Morgan fingerprint density at radius 1 is 0.972 bits per heavy atom. The number of benzene rings is 1. The number of pyridine rings is 1. The van der Waals surface area contributed by atoms with Gasteiger partial charge in [-0.15, -0.1) is 0 Å². The number of anilines is 2. The molecule has 0 unspecified atom stereocenters. The molecule has 1 aromatic heterocycles. The molecular formula is C26H36N8O2. The number of amides is 1. The molecular weight excluding hydrogens is 456 g/mol. The normalized spacial score (nSPS) is 20.4. The highest BCUT2D eigenvalue weighted by molar-refractivity contribution is 6.12. The lowest BCUT2D eigenvalue weighted by molar-refractivity contribution is 0.0240. The number of aliphatic imine (C=N–C) groups is 2. The highest BCUT2D eigenvalue weighted by atomic mass is 16.6. The molecule has 1 aromatic carbocycles. The first-order valence-corrected chi connectivity index (χ1v) is 12.8. The van der Waals surface area contributed by atoms with Gasteiger partial charge in [-0.25, -0.2) is 9.79 Å². The molecule has 1 saturated carbocycles. The number of hydrogen-bond acceptors (Lipinski definition) is 9. The summed E-state index contributed by atoms with van der Waals surface area (Å²) in [7, 11) is 0. The van der Waals surface area contributed by atoms with Gasteiger partial charge in [-0.2, -0.15) is 4.99 Å². The van der Waals surface area contributed by atoms with Crippen molar-refractivity contribution < 1.29 is 9.53 Å². The SMILES string of the molecule is CC(C)(C)OC(=O)N1CCN(c2ccc(N3C(N)=NC(N)=NC34CCCCC4)c3cnccc23)CC1. The molecule has 2 aromatic rings. The third kappa shape index (κ3) is 4.52. The molecule has 10 nitrogen and oxygen atoms in total. The van der Waals surface area contributed by atoms with Gasteiger partial charge in [0.25, 0.3) is 0 Å². The maximum atomic E-state index is 12.5. The summed E-state index contributed by atoms with van der Waals surface area (Å²) in [5, 5.41) is 2.07. The number of rotatable bonds is 2. The van der Waals surface area contributed by atoms with Crippen molar-refractivity contribution in [3.05, 3.63) is 30.6 Å². The van der Waals surface area contributed by atoms with E-state index in [4.69, 9.17) is 21.2 Å². The second-order valence-corrected chi connectivity index (χ2v) is 10.8. The van der Waals surface area contributed by atoms with E-state index in [2.05, 4.69) is 31.9 Å². The molecule has 5 rings (SSSR count). The van der Waals surface area contributed by atoms with Gasteiger partial charge in [0.2, 0.25) is 11.9 Å². The van der Waals surface area contributed by atoms with Crippen LogP contribution in [0, 0.1) is 0 Å². The molecule has 192 valence electrons. The Hall–Kier alpha value is -3.56. The highest BCUT2D eigenvalue weighted by Gasteiger charge is 2.43. The van der Waals surface area contributed by atoms with Crippen molar-refractivity contribution >= 4 is 40.2 Å². The highest BCUT2D eigenvalue weighted by Crippen LogP contribution is 2.43.